The molecule has 1 aromatic rings. The normalized spacial score (nSPS) is 22.1. The second-order valence-corrected chi connectivity index (χ2v) is 7.02. The molecule has 1 saturated heterocycles. The van der Waals surface area contributed by atoms with E-state index in [0.717, 1.165) is 0 Å². The molecule has 1 heterocycles. The van der Waals surface area contributed by atoms with Crippen LogP contribution in [0.15, 0.2) is 30.3 Å². The summed E-state index contributed by atoms with van der Waals surface area (Å²) in [6.07, 6.45) is 0.245. The molecule has 0 aromatic heterocycles. The number of aliphatic carboxylic acids is 1. The molecule has 0 bridgehead atoms. The van der Waals surface area contributed by atoms with Gasteiger partial charge in [-0.15, -0.1) is 0 Å². The van der Waals surface area contributed by atoms with Crippen molar-refractivity contribution in [2.24, 2.45) is 5.92 Å². The number of nitrogens with one attached hydrogen (secondary N) is 1. The maximum atomic E-state index is 12.0. The molecule has 2 rings (SSSR count). The van der Waals surface area contributed by atoms with Crippen molar-refractivity contribution in [3.63, 3.8) is 0 Å². The monoisotopic (exact) mass is 297 g/mol. The Bertz CT molecular complexity index is 611. The van der Waals surface area contributed by atoms with Crippen LogP contribution < -0.4 is 5.32 Å². The Hall–Kier alpha value is -1.89. The van der Waals surface area contributed by atoms with Gasteiger partial charge < -0.3 is 10.4 Å². The Balaban J connectivity index is 2.10. The first kappa shape index (κ1) is 14.5. The first-order valence-electron chi connectivity index (χ1n) is 6.17. The lowest BCUT2D eigenvalue weighted by Gasteiger charge is -2.17. The number of benzene rings is 1. The lowest BCUT2D eigenvalue weighted by atomic mass is 10.0. The molecule has 0 aliphatic carbocycles. The Morgan fingerprint density at radius 1 is 1.25 bits per heavy atom. The third kappa shape index (κ3) is 3.36. The molecule has 20 heavy (non-hydrogen) atoms. The summed E-state index contributed by atoms with van der Waals surface area (Å²) in [6, 6.07) is 7.14. The number of carboxylic acids is 1. The highest BCUT2D eigenvalue weighted by Crippen LogP contribution is 2.20. The van der Waals surface area contributed by atoms with E-state index in [-0.39, 0.29) is 17.9 Å². The minimum atomic E-state index is -3.17. The van der Waals surface area contributed by atoms with Crippen LogP contribution in [0.5, 0.6) is 0 Å². The highest BCUT2D eigenvalue weighted by Gasteiger charge is 2.35. The van der Waals surface area contributed by atoms with E-state index < -0.39 is 33.7 Å². The fourth-order valence-electron chi connectivity index (χ4n) is 2.20. The van der Waals surface area contributed by atoms with Crippen LogP contribution >= 0.6 is 0 Å². The van der Waals surface area contributed by atoms with Crippen molar-refractivity contribution in [3.05, 3.63) is 35.9 Å². The van der Waals surface area contributed by atoms with Crippen molar-refractivity contribution in [1.82, 2.24) is 5.32 Å². The zero-order chi connectivity index (χ0) is 14.8. The van der Waals surface area contributed by atoms with E-state index in [1.165, 1.54) is 0 Å². The summed E-state index contributed by atoms with van der Waals surface area (Å²) < 4.78 is 22.7. The largest absolute Gasteiger partial charge is 0.479 e. The van der Waals surface area contributed by atoms with E-state index in [9.17, 15) is 23.1 Å². The molecule has 1 aromatic carbocycles. The highest BCUT2D eigenvalue weighted by atomic mass is 32.2. The highest BCUT2D eigenvalue weighted by molar-refractivity contribution is 7.91. The summed E-state index contributed by atoms with van der Waals surface area (Å²) in [5.74, 6) is -2.59. The van der Waals surface area contributed by atoms with Crippen LogP contribution in [0, 0.1) is 5.92 Å². The van der Waals surface area contributed by atoms with Crippen LogP contribution in [0.4, 0.5) is 0 Å². The molecule has 2 N–H and O–H groups in total. The Morgan fingerprint density at radius 2 is 1.90 bits per heavy atom. The smallest absolute Gasteiger partial charge is 0.330 e. The van der Waals surface area contributed by atoms with E-state index >= 15 is 0 Å². The molecule has 2 atom stereocenters. The SMILES string of the molecule is O=C(N[C@@H](C(=O)O)c1ccccc1)C1CCS(=O)(=O)C1. The molecular formula is C13H15NO5S. The molecule has 0 spiro atoms. The van der Waals surface area contributed by atoms with Crippen molar-refractivity contribution >= 4 is 21.7 Å². The summed E-state index contributed by atoms with van der Waals surface area (Å²) in [4.78, 5) is 23.2. The van der Waals surface area contributed by atoms with Gasteiger partial charge in [0.2, 0.25) is 5.91 Å². The number of hydrogen-bond acceptors (Lipinski definition) is 4. The predicted octanol–water partition coefficient (Wildman–Crippen LogP) is 0.363. The standard InChI is InChI=1S/C13H15NO5S/c15-12(10-6-7-20(18,19)8-10)14-11(13(16)17)9-4-2-1-3-5-9/h1-5,10-11H,6-8H2,(H,14,15)(H,16,17)/t10?,11-/m1/s1. The number of rotatable bonds is 4. The molecule has 6 nitrogen and oxygen atoms in total. The van der Waals surface area contributed by atoms with E-state index in [1.807, 2.05) is 0 Å². The first-order valence-corrected chi connectivity index (χ1v) is 8.00. The van der Waals surface area contributed by atoms with Crippen LogP contribution in [0.25, 0.3) is 0 Å². The lowest BCUT2D eigenvalue weighted by molar-refractivity contribution is -0.142. The van der Waals surface area contributed by atoms with Gasteiger partial charge in [0.05, 0.1) is 17.4 Å². The maximum absolute atomic E-state index is 12.0. The Kier molecular flexibility index (Phi) is 4.08. The van der Waals surface area contributed by atoms with Crippen molar-refractivity contribution in [2.75, 3.05) is 11.5 Å². The maximum Gasteiger partial charge on any atom is 0.330 e. The number of sulfone groups is 1. The van der Waals surface area contributed by atoms with Gasteiger partial charge in [-0.05, 0) is 12.0 Å². The van der Waals surface area contributed by atoms with Crippen LogP contribution in [0.2, 0.25) is 0 Å². The van der Waals surface area contributed by atoms with Gasteiger partial charge in [0, 0.05) is 0 Å². The Morgan fingerprint density at radius 3 is 2.40 bits per heavy atom. The first-order chi connectivity index (χ1) is 9.39. The second kappa shape index (κ2) is 5.62. The minimum absolute atomic E-state index is 0.0197. The van der Waals surface area contributed by atoms with Crippen molar-refractivity contribution in [3.8, 4) is 0 Å². The summed E-state index contributed by atoms with van der Waals surface area (Å²) in [7, 11) is -3.17. The molecule has 1 aliphatic rings. The molecule has 1 unspecified atom stereocenters. The van der Waals surface area contributed by atoms with Gasteiger partial charge in [0.25, 0.3) is 0 Å². The molecule has 1 amide bonds. The number of carbonyl (C=O) groups excluding carboxylic acids is 1. The molecular weight excluding hydrogens is 282 g/mol. The average molecular weight is 297 g/mol. The van der Waals surface area contributed by atoms with Gasteiger partial charge in [-0.2, -0.15) is 0 Å². The minimum Gasteiger partial charge on any atom is -0.479 e. The topological polar surface area (TPSA) is 101 Å². The van der Waals surface area contributed by atoms with E-state index in [4.69, 9.17) is 0 Å². The molecule has 108 valence electrons. The van der Waals surface area contributed by atoms with Gasteiger partial charge in [0.15, 0.2) is 15.9 Å². The van der Waals surface area contributed by atoms with E-state index in [2.05, 4.69) is 5.32 Å². The zero-order valence-corrected chi connectivity index (χ0v) is 11.5. The fourth-order valence-corrected chi connectivity index (χ4v) is 3.94. The molecule has 1 aliphatic heterocycles. The third-order valence-corrected chi connectivity index (χ3v) is 5.04. The average Bonchev–Trinajstić information content (AvgIpc) is 2.77. The van der Waals surface area contributed by atoms with Crippen LogP contribution in [0.1, 0.15) is 18.0 Å². The second-order valence-electron chi connectivity index (χ2n) is 4.79. The third-order valence-electron chi connectivity index (χ3n) is 3.27. The van der Waals surface area contributed by atoms with E-state index in [1.54, 1.807) is 30.3 Å². The van der Waals surface area contributed by atoms with Gasteiger partial charge in [-0.25, -0.2) is 13.2 Å². The van der Waals surface area contributed by atoms with Gasteiger partial charge in [-0.3, -0.25) is 4.79 Å². The van der Waals surface area contributed by atoms with E-state index in [0.29, 0.717) is 5.56 Å². The Labute approximate surface area is 116 Å². The summed E-state index contributed by atoms with van der Waals surface area (Å²) in [6.45, 7) is 0. The van der Waals surface area contributed by atoms with Crippen LogP contribution in [0.3, 0.4) is 0 Å². The van der Waals surface area contributed by atoms with Crippen molar-refractivity contribution < 1.29 is 23.1 Å². The van der Waals surface area contributed by atoms with Gasteiger partial charge in [0.1, 0.15) is 0 Å². The molecule has 7 heteroatoms. The van der Waals surface area contributed by atoms with Crippen LogP contribution in [-0.4, -0.2) is 36.9 Å². The number of amides is 1. The number of hydrogen-bond donors (Lipinski definition) is 2. The number of carboxylic acid groups (broad SMARTS) is 1. The fraction of sp³-hybridized carbons (Fsp3) is 0.385. The summed E-state index contributed by atoms with van der Waals surface area (Å²) in [5.41, 5.74) is 0.453. The van der Waals surface area contributed by atoms with Crippen molar-refractivity contribution in [2.45, 2.75) is 12.5 Å². The summed E-state index contributed by atoms with van der Waals surface area (Å²) in [5, 5.41) is 11.6. The molecule has 0 saturated carbocycles. The predicted molar refractivity (Wildman–Crippen MR) is 71.7 cm³/mol. The quantitative estimate of drug-likeness (QED) is 0.836. The van der Waals surface area contributed by atoms with Crippen LogP contribution in [-0.2, 0) is 19.4 Å². The van der Waals surface area contributed by atoms with Gasteiger partial charge >= 0.3 is 5.97 Å². The van der Waals surface area contributed by atoms with Gasteiger partial charge in [-0.1, -0.05) is 30.3 Å². The van der Waals surface area contributed by atoms with Crippen molar-refractivity contribution in [1.29, 1.82) is 0 Å². The number of carbonyl (C=O) groups is 2. The molecule has 1 fully saturated rings. The zero-order valence-electron chi connectivity index (χ0n) is 10.7. The summed E-state index contributed by atoms with van der Waals surface area (Å²) >= 11 is 0. The lowest BCUT2D eigenvalue weighted by Crippen LogP contribution is -2.38. The molecule has 0 radical (unpaired) electrons.